The van der Waals surface area contributed by atoms with Crippen LogP contribution in [0.25, 0.3) is 0 Å². The van der Waals surface area contributed by atoms with Crippen LogP contribution in [0.5, 0.6) is 0 Å². The highest BCUT2D eigenvalue weighted by Gasteiger charge is 2.55. The summed E-state index contributed by atoms with van der Waals surface area (Å²) in [4.78, 5) is 44.7. The number of rotatable bonds is 10. The number of carbonyl (C=O) groups excluding carboxylic acids is 3. The summed E-state index contributed by atoms with van der Waals surface area (Å²) in [5.41, 5.74) is -0.449. The van der Waals surface area contributed by atoms with Crippen molar-refractivity contribution in [2.75, 3.05) is 33.9 Å². The molecule has 2 N–H and O–H groups in total. The number of Topliss-reactive ketones (excluding diaryl/α,β-unsaturated/α-hetero) is 2. The van der Waals surface area contributed by atoms with Gasteiger partial charge in [-0.25, -0.2) is 0 Å². The van der Waals surface area contributed by atoms with E-state index in [-0.39, 0.29) is 37.6 Å². The Morgan fingerprint density at radius 1 is 1.04 bits per heavy atom. The molecule has 0 amide bonds. The van der Waals surface area contributed by atoms with Gasteiger partial charge in [0.2, 0.25) is 0 Å². The molecule has 13 atom stereocenters. The van der Waals surface area contributed by atoms with Gasteiger partial charge in [-0.1, -0.05) is 58.0 Å². The molecule has 0 bridgehead atoms. The van der Waals surface area contributed by atoms with Crippen molar-refractivity contribution in [2.45, 2.75) is 129 Å². The van der Waals surface area contributed by atoms with Crippen molar-refractivity contribution in [3.8, 4) is 0 Å². The molecular weight excluding hydrogens is 700 g/mol. The second-order valence-electron chi connectivity index (χ2n) is 16.2. The van der Waals surface area contributed by atoms with Gasteiger partial charge >= 0.3 is 5.97 Å². The average Bonchev–Trinajstić information content (AvgIpc) is 3.42. The Labute approximate surface area is 321 Å². The third kappa shape index (κ3) is 9.78. The van der Waals surface area contributed by atoms with Crippen LogP contribution in [0.2, 0.25) is 5.02 Å². The molecule has 53 heavy (non-hydrogen) atoms. The first-order valence-electron chi connectivity index (χ1n) is 19.2. The predicted octanol–water partition coefficient (Wildman–Crippen LogP) is 5.39. The molecule has 11 nitrogen and oxygen atoms in total. The number of nitrogens with zero attached hydrogens (tertiary/aromatic N) is 1. The van der Waals surface area contributed by atoms with Gasteiger partial charge < -0.3 is 39.0 Å². The van der Waals surface area contributed by atoms with Crippen LogP contribution in [0.3, 0.4) is 0 Å². The maximum atomic E-state index is 14.5. The zero-order chi connectivity index (χ0) is 39.4. The van der Waals surface area contributed by atoms with E-state index in [1.54, 1.807) is 13.8 Å². The van der Waals surface area contributed by atoms with Crippen LogP contribution in [0.15, 0.2) is 36.4 Å². The number of cyclic esters (lactones) is 1. The van der Waals surface area contributed by atoms with Gasteiger partial charge in [-0.2, -0.15) is 0 Å². The van der Waals surface area contributed by atoms with Crippen molar-refractivity contribution in [3.63, 3.8) is 0 Å². The number of esters is 1. The maximum Gasteiger partial charge on any atom is 0.316 e. The monoisotopic (exact) mass is 762 g/mol. The largest absolute Gasteiger partial charge is 0.459 e. The molecule has 3 saturated heterocycles. The van der Waals surface area contributed by atoms with Gasteiger partial charge in [0.1, 0.15) is 29.5 Å². The van der Waals surface area contributed by atoms with E-state index in [0.29, 0.717) is 31.0 Å². The number of halogens is 1. The molecule has 0 aromatic heterocycles. The SMILES string of the molecule is C=C1COC2(C)[C@@H](CC)OC(=O)C(C)C(=O)[C@H](C)[C@@H](O[C@@H]3O[C@H](C)C[C@H](N(C)C)[C@H]3O)[C@](C)(OCCNCc3ccc(Cl)cc3)C[C@@H](C)C(=O)C(C)[C@H]12. The number of hydrogen-bond acceptors (Lipinski definition) is 11. The summed E-state index contributed by atoms with van der Waals surface area (Å²) in [6, 6.07) is 7.30. The van der Waals surface area contributed by atoms with Crippen molar-refractivity contribution < 1.29 is 43.2 Å². The highest BCUT2D eigenvalue weighted by molar-refractivity contribution is 6.30. The molecule has 3 unspecified atom stereocenters. The van der Waals surface area contributed by atoms with Crippen LogP contribution in [0.1, 0.15) is 80.2 Å². The Morgan fingerprint density at radius 3 is 2.32 bits per heavy atom. The van der Waals surface area contributed by atoms with E-state index in [1.807, 2.05) is 84.8 Å². The van der Waals surface area contributed by atoms with E-state index in [0.717, 1.165) is 11.1 Å². The molecule has 0 radical (unpaired) electrons. The van der Waals surface area contributed by atoms with E-state index in [1.165, 1.54) is 0 Å². The quantitative estimate of drug-likeness (QED) is 0.138. The number of benzene rings is 1. The van der Waals surface area contributed by atoms with Crippen molar-refractivity contribution in [1.82, 2.24) is 10.2 Å². The van der Waals surface area contributed by atoms with Crippen LogP contribution in [-0.4, -0.2) is 109 Å². The number of nitrogens with one attached hydrogen (secondary N) is 1. The van der Waals surface area contributed by atoms with Gasteiger partial charge in [0.05, 0.1) is 31.0 Å². The second-order valence-corrected chi connectivity index (χ2v) is 16.7. The van der Waals surface area contributed by atoms with E-state index in [9.17, 15) is 19.5 Å². The van der Waals surface area contributed by atoms with Crippen LogP contribution < -0.4 is 5.32 Å². The molecular formula is C41H63ClN2O9. The molecule has 3 heterocycles. The highest BCUT2D eigenvalue weighted by Crippen LogP contribution is 2.46. The molecule has 1 aromatic rings. The van der Waals surface area contributed by atoms with E-state index < -0.39 is 77.1 Å². The van der Waals surface area contributed by atoms with Crippen LogP contribution in [-0.2, 0) is 44.6 Å². The molecule has 0 aliphatic carbocycles. The third-order valence-electron chi connectivity index (χ3n) is 11.8. The number of fused-ring (bicyclic) bond motifs is 1. The van der Waals surface area contributed by atoms with Gasteiger partial charge in [-0.05, 0) is 84.3 Å². The van der Waals surface area contributed by atoms with E-state index >= 15 is 0 Å². The van der Waals surface area contributed by atoms with Gasteiger partial charge in [-0.15, -0.1) is 0 Å². The molecule has 298 valence electrons. The van der Waals surface area contributed by atoms with E-state index in [4.69, 9.17) is 35.3 Å². The lowest BCUT2D eigenvalue weighted by Gasteiger charge is -2.47. The van der Waals surface area contributed by atoms with Crippen molar-refractivity contribution >= 4 is 29.1 Å². The lowest BCUT2D eigenvalue weighted by Crippen LogP contribution is -2.59. The first-order valence-corrected chi connectivity index (χ1v) is 19.6. The molecule has 3 aliphatic heterocycles. The molecule has 0 spiro atoms. The van der Waals surface area contributed by atoms with Crippen LogP contribution >= 0.6 is 11.6 Å². The van der Waals surface area contributed by atoms with Crippen molar-refractivity contribution in [3.05, 3.63) is 47.0 Å². The fourth-order valence-electron chi connectivity index (χ4n) is 8.84. The number of carbonyl (C=O) groups is 3. The van der Waals surface area contributed by atoms with Crippen LogP contribution in [0, 0.1) is 29.6 Å². The minimum atomic E-state index is -1.25. The summed E-state index contributed by atoms with van der Waals surface area (Å²) in [5.74, 6) is -4.67. The Balaban J connectivity index is 1.74. The first-order chi connectivity index (χ1) is 24.8. The summed E-state index contributed by atoms with van der Waals surface area (Å²) >= 11 is 6.06. The Morgan fingerprint density at radius 2 is 1.70 bits per heavy atom. The highest BCUT2D eigenvalue weighted by atomic mass is 35.5. The lowest BCUT2D eigenvalue weighted by molar-refractivity contribution is -0.297. The third-order valence-corrected chi connectivity index (χ3v) is 12.1. The Kier molecular flexibility index (Phi) is 14.9. The fourth-order valence-corrected chi connectivity index (χ4v) is 8.97. The summed E-state index contributed by atoms with van der Waals surface area (Å²) in [5, 5.41) is 15.6. The average molecular weight is 763 g/mol. The molecule has 3 fully saturated rings. The number of aliphatic hydroxyl groups excluding tert-OH is 1. The molecule has 12 heteroatoms. The summed E-state index contributed by atoms with van der Waals surface area (Å²) in [6.45, 7) is 20.3. The molecule has 3 aliphatic rings. The smallest absolute Gasteiger partial charge is 0.316 e. The summed E-state index contributed by atoms with van der Waals surface area (Å²) in [7, 11) is 3.78. The van der Waals surface area contributed by atoms with E-state index in [2.05, 4.69) is 11.9 Å². The van der Waals surface area contributed by atoms with Gasteiger partial charge in [0, 0.05) is 47.8 Å². The maximum absolute atomic E-state index is 14.5. The Hall–Kier alpha value is -2.22. The summed E-state index contributed by atoms with van der Waals surface area (Å²) < 4.78 is 32.1. The zero-order valence-electron chi connectivity index (χ0n) is 33.4. The molecule has 0 saturated carbocycles. The van der Waals surface area contributed by atoms with Gasteiger partial charge in [-0.3, -0.25) is 14.4 Å². The molecule has 4 rings (SSSR count). The Bertz CT molecular complexity index is 1440. The lowest BCUT2D eigenvalue weighted by atomic mass is 9.69. The normalized spacial score (nSPS) is 39.2. The minimum absolute atomic E-state index is 0.0249. The number of hydrogen-bond donors (Lipinski definition) is 2. The second kappa shape index (κ2) is 18.2. The number of ether oxygens (including phenoxy) is 5. The predicted molar refractivity (Wildman–Crippen MR) is 203 cm³/mol. The topological polar surface area (TPSA) is 133 Å². The van der Waals surface area contributed by atoms with Crippen molar-refractivity contribution in [1.29, 1.82) is 0 Å². The number of likely N-dealkylation sites (N-methyl/N-ethyl adjacent to an activating group) is 1. The zero-order valence-corrected chi connectivity index (χ0v) is 34.1. The van der Waals surface area contributed by atoms with Gasteiger partial charge in [0.15, 0.2) is 12.1 Å². The van der Waals surface area contributed by atoms with Crippen molar-refractivity contribution in [2.24, 2.45) is 29.6 Å². The number of ketones is 2. The van der Waals surface area contributed by atoms with Gasteiger partial charge in [0.25, 0.3) is 0 Å². The number of aliphatic hydroxyl groups is 1. The first kappa shape index (κ1) is 43.5. The standard InChI is InChI=1S/C41H63ClN2O9/c1-12-32-41(9)33(24(3)22-50-41)26(5)34(45)23(2)20-40(8,49-18-17-43-21-29-13-15-30(42)16-14-29)37(27(6)35(46)28(7)38(48)52-32)53-39-36(47)31(44(10)11)19-25(4)51-39/h13-16,23,25-28,31-33,36-37,39,43,47H,3,12,17-22H2,1-2,4-11H3/t23-,25-,26?,27+,28?,31+,32-,33+,36-,37-,39+,40-,41?/m1/s1. The van der Waals surface area contributed by atoms with Crippen LogP contribution in [0.4, 0.5) is 0 Å². The fraction of sp³-hybridized carbons (Fsp3) is 0.732. The minimum Gasteiger partial charge on any atom is -0.459 e. The molecule has 1 aromatic carbocycles. The summed E-state index contributed by atoms with van der Waals surface area (Å²) in [6.07, 6.45) is -2.94.